The van der Waals surface area contributed by atoms with E-state index < -0.39 is 35.9 Å². The number of anilines is 2. The van der Waals surface area contributed by atoms with Crippen LogP contribution in [-0.4, -0.2) is 91.3 Å². The minimum atomic E-state index is -0.935. The van der Waals surface area contributed by atoms with Crippen molar-refractivity contribution in [2.24, 2.45) is 0 Å². The Kier molecular flexibility index (Phi) is 11.1. The zero-order chi connectivity index (χ0) is 31.1. The SMILES string of the molecule is CC(O)CC(=O)NCCCCC(=O)N(CC1CN(c2ccc(N3CCOCC3=O)cc2F)C(=O)O1)C(=O)c1ccc(Cl)s1. The van der Waals surface area contributed by atoms with Gasteiger partial charge in [-0.3, -0.25) is 29.0 Å². The van der Waals surface area contributed by atoms with Crippen molar-refractivity contribution in [3.63, 3.8) is 0 Å². The number of unbranched alkanes of at least 4 members (excludes halogenated alkanes) is 1. The first-order valence-electron chi connectivity index (χ1n) is 13.7. The van der Waals surface area contributed by atoms with Gasteiger partial charge in [-0.2, -0.15) is 0 Å². The molecule has 1 aromatic carbocycles. The summed E-state index contributed by atoms with van der Waals surface area (Å²) in [6, 6.07) is 7.09. The number of amides is 5. The number of nitrogens with zero attached hydrogens (tertiary/aromatic N) is 3. The lowest BCUT2D eigenvalue weighted by molar-refractivity contribution is -0.129. The number of aliphatic hydroxyl groups is 1. The molecule has 2 fully saturated rings. The molecule has 4 rings (SSSR count). The molecule has 0 spiro atoms. The molecule has 2 unspecified atom stereocenters. The van der Waals surface area contributed by atoms with Gasteiger partial charge < -0.3 is 24.8 Å². The van der Waals surface area contributed by atoms with Gasteiger partial charge in [-0.15, -0.1) is 11.3 Å². The van der Waals surface area contributed by atoms with Crippen LogP contribution in [0.2, 0.25) is 4.34 Å². The number of cyclic esters (lactones) is 1. The number of halogens is 2. The number of nitrogens with one attached hydrogen (secondary N) is 1. The number of carbonyl (C=O) groups is 5. The van der Waals surface area contributed by atoms with Gasteiger partial charge in [-0.1, -0.05) is 11.6 Å². The molecule has 2 N–H and O–H groups in total. The molecule has 232 valence electrons. The minimum absolute atomic E-state index is 0.0160. The molecule has 0 aliphatic carbocycles. The lowest BCUT2D eigenvalue weighted by Crippen LogP contribution is -2.43. The molecule has 1 aromatic heterocycles. The van der Waals surface area contributed by atoms with Crippen LogP contribution in [0, 0.1) is 5.82 Å². The lowest BCUT2D eigenvalue weighted by Gasteiger charge is -2.27. The normalized spacial score (nSPS) is 17.5. The molecule has 15 heteroatoms. The van der Waals surface area contributed by atoms with E-state index in [1.807, 2.05) is 0 Å². The molecule has 0 radical (unpaired) electrons. The maximum absolute atomic E-state index is 15.2. The molecular formula is C28H32ClFN4O8S. The minimum Gasteiger partial charge on any atom is -0.442 e. The summed E-state index contributed by atoms with van der Waals surface area (Å²) in [6.07, 6.45) is -1.75. The summed E-state index contributed by atoms with van der Waals surface area (Å²) < 4.78 is 26.0. The number of hydrogen-bond acceptors (Lipinski definition) is 9. The number of hydrogen-bond donors (Lipinski definition) is 2. The van der Waals surface area contributed by atoms with Gasteiger partial charge in [0.1, 0.15) is 18.5 Å². The molecule has 2 aromatic rings. The van der Waals surface area contributed by atoms with Crippen LogP contribution >= 0.6 is 22.9 Å². The van der Waals surface area contributed by atoms with E-state index in [4.69, 9.17) is 21.1 Å². The lowest BCUT2D eigenvalue weighted by atomic mass is 10.2. The average molecular weight is 639 g/mol. The van der Waals surface area contributed by atoms with Crippen molar-refractivity contribution in [3.8, 4) is 0 Å². The highest BCUT2D eigenvalue weighted by molar-refractivity contribution is 7.18. The maximum atomic E-state index is 15.2. The number of benzene rings is 1. The summed E-state index contributed by atoms with van der Waals surface area (Å²) in [6.45, 7) is 1.92. The Labute approximate surface area is 256 Å². The number of ether oxygens (including phenoxy) is 2. The van der Waals surface area contributed by atoms with Crippen LogP contribution in [0.25, 0.3) is 0 Å². The fraction of sp³-hybridized carbons (Fsp3) is 0.464. The number of carbonyl (C=O) groups excluding carboxylic acids is 5. The number of thiophene rings is 1. The van der Waals surface area contributed by atoms with Crippen LogP contribution in [0.15, 0.2) is 30.3 Å². The van der Waals surface area contributed by atoms with Gasteiger partial charge in [0.25, 0.3) is 11.8 Å². The largest absolute Gasteiger partial charge is 0.442 e. The van der Waals surface area contributed by atoms with Crippen molar-refractivity contribution in [3.05, 3.63) is 45.4 Å². The van der Waals surface area contributed by atoms with Crippen molar-refractivity contribution in [1.82, 2.24) is 10.2 Å². The van der Waals surface area contributed by atoms with E-state index in [1.165, 1.54) is 36.1 Å². The first-order valence-corrected chi connectivity index (χ1v) is 14.9. The smallest absolute Gasteiger partial charge is 0.414 e. The second-order valence-corrected chi connectivity index (χ2v) is 11.8. The predicted octanol–water partition coefficient (Wildman–Crippen LogP) is 2.96. The van der Waals surface area contributed by atoms with Crippen molar-refractivity contribution in [1.29, 1.82) is 0 Å². The fourth-order valence-electron chi connectivity index (χ4n) is 4.66. The number of rotatable bonds is 12. The Morgan fingerprint density at radius 1 is 1.21 bits per heavy atom. The average Bonchev–Trinajstić information content (AvgIpc) is 3.55. The second kappa shape index (κ2) is 14.7. The molecule has 2 aliphatic rings. The number of morpholine rings is 1. The Balaban J connectivity index is 1.40. The van der Waals surface area contributed by atoms with Crippen molar-refractivity contribution in [2.75, 3.05) is 49.2 Å². The molecule has 43 heavy (non-hydrogen) atoms. The molecule has 0 saturated carbocycles. The molecule has 2 saturated heterocycles. The third-order valence-electron chi connectivity index (χ3n) is 6.73. The molecule has 2 atom stereocenters. The summed E-state index contributed by atoms with van der Waals surface area (Å²) in [4.78, 5) is 66.7. The van der Waals surface area contributed by atoms with Crippen molar-refractivity contribution in [2.45, 2.75) is 44.8 Å². The molecule has 3 heterocycles. The van der Waals surface area contributed by atoms with E-state index >= 15 is 4.39 Å². The molecule has 5 amide bonds. The number of aliphatic hydroxyl groups excluding tert-OH is 1. The van der Waals surface area contributed by atoms with E-state index in [0.717, 1.165) is 27.2 Å². The summed E-state index contributed by atoms with van der Waals surface area (Å²) in [5.41, 5.74) is 0.266. The Morgan fingerprint density at radius 2 is 2.00 bits per heavy atom. The highest BCUT2D eigenvalue weighted by Gasteiger charge is 2.38. The van der Waals surface area contributed by atoms with Crippen LogP contribution in [-0.2, 0) is 23.9 Å². The standard InChI is InChI=1S/C28H32ClFN4O8S/c1-17(35)12-24(36)31-9-3-2-4-25(37)34(27(39)22-7-8-23(29)43-22)15-19-14-33(28(40)42-19)21-6-5-18(13-20(21)30)32-10-11-41-16-26(32)38/h5-8,13,17,19,35H,2-4,9-12,14-16H2,1H3,(H,31,36). The van der Waals surface area contributed by atoms with E-state index in [-0.39, 0.29) is 61.5 Å². The summed E-state index contributed by atoms with van der Waals surface area (Å²) in [7, 11) is 0. The Hall–Kier alpha value is -3.59. The second-order valence-electron chi connectivity index (χ2n) is 10.1. The zero-order valence-corrected chi connectivity index (χ0v) is 25.0. The van der Waals surface area contributed by atoms with Crippen molar-refractivity contribution >= 4 is 64.0 Å². The quantitative estimate of drug-likeness (QED) is 0.338. The molecule has 0 bridgehead atoms. The highest BCUT2D eigenvalue weighted by Crippen LogP contribution is 2.30. The highest BCUT2D eigenvalue weighted by atomic mass is 35.5. The van der Waals surface area contributed by atoms with Gasteiger partial charge in [0.15, 0.2) is 0 Å². The maximum Gasteiger partial charge on any atom is 0.414 e. The van der Waals surface area contributed by atoms with Crippen LogP contribution in [0.3, 0.4) is 0 Å². The van der Waals surface area contributed by atoms with Gasteiger partial charge in [0.2, 0.25) is 11.8 Å². The summed E-state index contributed by atoms with van der Waals surface area (Å²) in [5, 5.41) is 11.9. The Morgan fingerprint density at radius 3 is 2.67 bits per heavy atom. The predicted molar refractivity (Wildman–Crippen MR) is 156 cm³/mol. The zero-order valence-electron chi connectivity index (χ0n) is 23.4. The summed E-state index contributed by atoms with van der Waals surface area (Å²) in [5.74, 6) is -2.47. The third kappa shape index (κ3) is 8.50. The Bertz CT molecular complexity index is 1370. The van der Waals surface area contributed by atoms with Gasteiger partial charge in [-0.05, 0) is 50.1 Å². The van der Waals surface area contributed by atoms with Crippen LogP contribution in [0.4, 0.5) is 20.6 Å². The van der Waals surface area contributed by atoms with Crippen molar-refractivity contribution < 1.29 is 42.9 Å². The third-order valence-corrected chi connectivity index (χ3v) is 7.95. The van der Waals surface area contributed by atoms with Crippen LogP contribution in [0.5, 0.6) is 0 Å². The fourth-order valence-corrected chi connectivity index (χ4v) is 5.65. The molecule has 12 nitrogen and oxygen atoms in total. The number of imide groups is 1. The van der Waals surface area contributed by atoms with E-state index in [2.05, 4.69) is 5.32 Å². The van der Waals surface area contributed by atoms with Crippen LogP contribution < -0.4 is 15.1 Å². The topological polar surface area (TPSA) is 146 Å². The van der Waals surface area contributed by atoms with E-state index in [1.54, 1.807) is 0 Å². The monoisotopic (exact) mass is 638 g/mol. The van der Waals surface area contributed by atoms with E-state index in [0.29, 0.717) is 36.0 Å². The van der Waals surface area contributed by atoms with E-state index in [9.17, 15) is 29.1 Å². The molecular weight excluding hydrogens is 607 g/mol. The van der Waals surface area contributed by atoms with Gasteiger partial charge >= 0.3 is 6.09 Å². The summed E-state index contributed by atoms with van der Waals surface area (Å²) >= 11 is 7.00. The molecule has 2 aliphatic heterocycles. The first-order chi connectivity index (χ1) is 20.5. The van der Waals surface area contributed by atoms with Gasteiger partial charge in [0, 0.05) is 25.2 Å². The first kappa shape index (κ1) is 32.3. The van der Waals surface area contributed by atoms with Gasteiger partial charge in [-0.25, -0.2) is 9.18 Å². The van der Waals surface area contributed by atoms with Crippen LogP contribution in [0.1, 0.15) is 42.3 Å². The van der Waals surface area contributed by atoms with Gasteiger partial charge in [0.05, 0.1) is 47.1 Å².